The Labute approximate surface area is 105 Å². The molecule has 0 radical (unpaired) electrons. The first-order chi connectivity index (χ1) is 7.92. The minimum atomic E-state index is -3.12. The van der Waals surface area contributed by atoms with Gasteiger partial charge in [-0.05, 0) is 32.7 Å². The van der Waals surface area contributed by atoms with Crippen LogP contribution in [-0.4, -0.2) is 44.7 Å². The van der Waals surface area contributed by atoms with E-state index >= 15 is 0 Å². The van der Waals surface area contributed by atoms with E-state index in [9.17, 15) is 8.42 Å². The van der Waals surface area contributed by atoms with Gasteiger partial charge in [0.2, 0.25) is 10.0 Å². The smallest absolute Gasteiger partial charge is 0.214 e. The third kappa shape index (κ3) is 5.19. The van der Waals surface area contributed by atoms with Crippen LogP contribution in [0.4, 0.5) is 0 Å². The Hall–Kier alpha value is -0.390. The van der Waals surface area contributed by atoms with E-state index < -0.39 is 10.0 Å². The van der Waals surface area contributed by atoms with E-state index in [-0.39, 0.29) is 5.75 Å². The minimum Gasteiger partial charge on any atom is -0.314 e. The molecule has 0 bridgehead atoms. The molecule has 100 valence electrons. The van der Waals surface area contributed by atoms with Gasteiger partial charge in [0.25, 0.3) is 0 Å². The third-order valence-corrected chi connectivity index (χ3v) is 4.93. The third-order valence-electron chi connectivity index (χ3n) is 3.10. The molecule has 17 heavy (non-hydrogen) atoms. The van der Waals surface area contributed by atoms with E-state index in [0.29, 0.717) is 19.0 Å². The van der Waals surface area contributed by atoms with Crippen molar-refractivity contribution in [3.63, 3.8) is 0 Å². The summed E-state index contributed by atoms with van der Waals surface area (Å²) in [5.74, 6) is 0.231. The predicted molar refractivity (Wildman–Crippen MR) is 71.5 cm³/mol. The summed E-state index contributed by atoms with van der Waals surface area (Å²) in [5.41, 5.74) is 0.867. The lowest BCUT2D eigenvalue weighted by Gasteiger charge is -2.24. The van der Waals surface area contributed by atoms with Crippen LogP contribution in [0.3, 0.4) is 0 Å². The number of nitrogens with zero attached hydrogens (tertiary/aromatic N) is 1. The standard InChI is InChI=1S/C12H24N2O2S/c1-11(2)10-14(3)17(15,16)9-7-12-6-4-5-8-13-12/h12-13H,1,4-10H2,2-3H3. The molecule has 1 aliphatic rings. The lowest BCUT2D eigenvalue weighted by Crippen LogP contribution is -2.38. The van der Waals surface area contributed by atoms with Crippen molar-refractivity contribution in [2.75, 3.05) is 25.9 Å². The van der Waals surface area contributed by atoms with Crippen LogP contribution in [0.1, 0.15) is 32.6 Å². The number of nitrogens with one attached hydrogen (secondary N) is 1. The Morgan fingerprint density at radius 3 is 2.71 bits per heavy atom. The molecule has 1 fully saturated rings. The Balaban J connectivity index is 2.40. The molecule has 0 aromatic rings. The van der Waals surface area contributed by atoms with Crippen LogP contribution in [0.2, 0.25) is 0 Å². The summed E-state index contributed by atoms with van der Waals surface area (Å²) in [4.78, 5) is 0. The molecule has 1 saturated heterocycles. The highest BCUT2D eigenvalue weighted by molar-refractivity contribution is 7.89. The van der Waals surface area contributed by atoms with Crippen LogP contribution in [0.5, 0.6) is 0 Å². The van der Waals surface area contributed by atoms with Gasteiger partial charge in [-0.2, -0.15) is 0 Å². The first-order valence-corrected chi connectivity index (χ1v) is 7.84. The van der Waals surface area contributed by atoms with Gasteiger partial charge >= 0.3 is 0 Å². The Morgan fingerprint density at radius 1 is 1.47 bits per heavy atom. The van der Waals surface area contributed by atoms with Crippen molar-refractivity contribution in [1.29, 1.82) is 0 Å². The number of hydrogen-bond donors (Lipinski definition) is 1. The number of likely N-dealkylation sites (N-methyl/N-ethyl adjacent to an activating group) is 1. The van der Waals surface area contributed by atoms with Crippen LogP contribution in [0, 0.1) is 0 Å². The van der Waals surface area contributed by atoms with Crippen molar-refractivity contribution in [2.45, 2.75) is 38.6 Å². The molecule has 5 heteroatoms. The molecule has 0 aromatic heterocycles. The summed E-state index contributed by atoms with van der Waals surface area (Å²) < 4.78 is 25.3. The number of piperidine rings is 1. The highest BCUT2D eigenvalue weighted by atomic mass is 32.2. The maximum atomic E-state index is 12.0. The average molecular weight is 260 g/mol. The molecular weight excluding hydrogens is 236 g/mol. The zero-order valence-electron chi connectivity index (χ0n) is 10.9. The van der Waals surface area contributed by atoms with E-state index in [1.165, 1.54) is 17.1 Å². The van der Waals surface area contributed by atoms with Crippen molar-refractivity contribution in [2.24, 2.45) is 0 Å². The number of sulfonamides is 1. The topological polar surface area (TPSA) is 49.4 Å². The van der Waals surface area contributed by atoms with E-state index in [1.54, 1.807) is 7.05 Å². The second-order valence-electron chi connectivity index (χ2n) is 4.96. The van der Waals surface area contributed by atoms with Gasteiger partial charge < -0.3 is 5.32 Å². The Bertz CT molecular complexity index is 346. The average Bonchev–Trinajstić information content (AvgIpc) is 2.27. The molecule has 1 aliphatic heterocycles. The molecule has 0 amide bonds. The second kappa shape index (κ2) is 6.52. The van der Waals surface area contributed by atoms with Crippen LogP contribution in [-0.2, 0) is 10.0 Å². The van der Waals surface area contributed by atoms with Gasteiger partial charge in [-0.1, -0.05) is 18.6 Å². The van der Waals surface area contributed by atoms with E-state index in [2.05, 4.69) is 11.9 Å². The quantitative estimate of drug-likeness (QED) is 0.734. The van der Waals surface area contributed by atoms with Crippen molar-refractivity contribution in [3.8, 4) is 0 Å². The maximum absolute atomic E-state index is 12.0. The fraction of sp³-hybridized carbons (Fsp3) is 0.833. The predicted octanol–water partition coefficient (Wildman–Crippen LogP) is 1.36. The fourth-order valence-corrected chi connectivity index (χ4v) is 3.41. The lowest BCUT2D eigenvalue weighted by atomic mass is 10.0. The van der Waals surface area contributed by atoms with Gasteiger partial charge in [-0.15, -0.1) is 0 Å². The summed E-state index contributed by atoms with van der Waals surface area (Å²) in [5, 5.41) is 3.37. The van der Waals surface area contributed by atoms with Gasteiger partial charge in [-0.25, -0.2) is 12.7 Å². The Kier molecular flexibility index (Phi) is 5.62. The van der Waals surface area contributed by atoms with Crippen LogP contribution < -0.4 is 5.32 Å². The number of rotatable bonds is 6. The minimum absolute atomic E-state index is 0.231. The van der Waals surface area contributed by atoms with Crippen molar-refractivity contribution in [1.82, 2.24) is 9.62 Å². The molecule has 0 saturated carbocycles. The molecule has 0 aliphatic carbocycles. The summed E-state index contributed by atoms with van der Waals surface area (Å²) in [6, 6.07) is 0.372. The van der Waals surface area contributed by atoms with Gasteiger partial charge in [0.15, 0.2) is 0 Å². The second-order valence-corrected chi connectivity index (χ2v) is 7.16. The maximum Gasteiger partial charge on any atom is 0.214 e. The zero-order valence-corrected chi connectivity index (χ0v) is 11.7. The normalized spacial score (nSPS) is 21.7. The van der Waals surface area contributed by atoms with E-state index in [1.807, 2.05) is 6.92 Å². The van der Waals surface area contributed by atoms with Crippen molar-refractivity contribution < 1.29 is 8.42 Å². The van der Waals surface area contributed by atoms with Crippen LogP contribution >= 0.6 is 0 Å². The molecule has 4 nitrogen and oxygen atoms in total. The van der Waals surface area contributed by atoms with Gasteiger partial charge in [0.1, 0.15) is 0 Å². The molecule has 1 N–H and O–H groups in total. The molecule has 1 rings (SSSR count). The summed E-state index contributed by atoms with van der Waals surface area (Å²) in [7, 11) is -1.50. The van der Waals surface area contributed by atoms with Gasteiger partial charge in [0.05, 0.1) is 5.75 Å². The summed E-state index contributed by atoms with van der Waals surface area (Å²) in [6.45, 7) is 7.02. The summed E-state index contributed by atoms with van der Waals surface area (Å²) >= 11 is 0. The van der Waals surface area contributed by atoms with Crippen LogP contribution in [0.15, 0.2) is 12.2 Å². The molecule has 1 atom stereocenters. The fourth-order valence-electron chi connectivity index (χ4n) is 2.10. The molecule has 1 unspecified atom stereocenters. The summed E-state index contributed by atoms with van der Waals surface area (Å²) in [6.07, 6.45) is 4.22. The lowest BCUT2D eigenvalue weighted by molar-refractivity contribution is 0.389. The Morgan fingerprint density at radius 2 is 2.18 bits per heavy atom. The first-order valence-electron chi connectivity index (χ1n) is 6.23. The molecule has 1 heterocycles. The SMILES string of the molecule is C=C(C)CN(C)S(=O)(=O)CCC1CCCCN1. The molecule has 0 spiro atoms. The van der Waals surface area contributed by atoms with E-state index in [4.69, 9.17) is 0 Å². The monoisotopic (exact) mass is 260 g/mol. The van der Waals surface area contributed by atoms with Gasteiger partial charge in [-0.3, -0.25) is 0 Å². The van der Waals surface area contributed by atoms with Crippen molar-refractivity contribution >= 4 is 10.0 Å². The molecular formula is C12H24N2O2S. The molecule has 0 aromatic carbocycles. The van der Waals surface area contributed by atoms with E-state index in [0.717, 1.165) is 18.5 Å². The van der Waals surface area contributed by atoms with Crippen LogP contribution in [0.25, 0.3) is 0 Å². The number of hydrogen-bond acceptors (Lipinski definition) is 3. The first kappa shape index (κ1) is 14.7. The zero-order chi connectivity index (χ0) is 12.9. The highest BCUT2D eigenvalue weighted by Crippen LogP contribution is 2.12. The highest BCUT2D eigenvalue weighted by Gasteiger charge is 2.21. The van der Waals surface area contributed by atoms with Crippen molar-refractivity contribution in [3.05, 3.63) is 12.2 Å². The largest absolute Gasteiger partial charge is 0.314 e. The van der Waals surface area contributed by atoms with Gasteiger partial charge in [0, 0.05) is 19.6 Å².